The molecule has 3 heteroatoms. The quantitative estimate of drug-likeness (QED) is 0.799. The monoisotopic (exact) mass is 251 g/mol. The first-order valence-electron chi connectivity index (χ1n) is 6.25. The van der Waals surface area contributed by atoms with Crippen molar-refractivity contribution in [3.05, 3.63) is 47.0 Å². The average molecular weight is 251 g/mol. The summed E-state index contributed by atoms with van der Waals surface area (Å²) in [6.45, 7) is 4.31. The number of halogens is 2. The van der Waals surface area contributed by atoms with Crippen molar-refractivity contribution < 1.29 is 8.78 Å². The summed E-state index contributed by atoms with van der Waals surface area (Å²) in [5.41, 5.74) is 7.62. The van der Waals surface area contributed by atoms with E-state index in [1.54, 1.807) is 0 Å². The molecule has 0 radical (unpaired) electrons. The van der Waals surface area contributed by atoms with Crippen LogP contribution in [0.15, 0.2) is 29.8 Å². The van der Waals surface area contributed by atoms with Gasteiger partial charge in [0.25, 0.3) is 0 Å². The first kappa shape index (κ1) is 13.2. The molecule has 1 aliphatic rings. The largest absolute Gasteiger partial charge is 0.324 e. The average Bonchev–Trinajstić information content (AvgIpc) is 2.20. The molecule has 1 atom stereocenters. The molecular weight excluding hydrogens is 232 g/mol. The molecule has 1 aromatic carbocycles. The molecule has 1 aromatic rings. The molecule has 1 nitrogen and oxygen atoms in total. The molecule has 1 aliphatic carbocycles. The van der Waals surface area contributed by atoms with Gasteiger partial charge < -0.3 is 5.73 Å². The lowest BCUT2D eigenvalue weighted by Gasteiger charge is -2.33. The Morgan fingerprint density at radius 3 is 2.72 bits per heavy atom. The summed E-state index contributed by atoms with van der Waals surface area (Å²) >= 11 is 0. The van der Waals surface area contributed by atoms with Gasteiger partial charge in [-0.1, -0.05) is 25.5 Å². The van der Waals surface area contributed by atoms with Gasteiger partial charge in [0.2, 0.25) is 0 Å². The summed E-state index contributed by atoms with van der Waals surface area (Å²) in [6.07, 6.45) is 4.26. The smallest absolute Gasteiger partial charge is 0.126 e. The van der Waals surface area contributed by atoms with E-state index in [1.165, 1.54) is 12.1 Å². The van der Waals surface area contributed by atoms with Gasteiger partial charge in [0.15, 0.2) is 0 Å². The van der Waals surface area contributed by atoms with Crippen LogP contribution in [0.2, 0.25) is 0 Å². The lowest BCUT2D eigenvalue weighted by molar-refractivity contribution is 0.299. The van der Waals surface area contributed by atoms with Crippen LogP contribution in [-0.2, 0) is 6.42 Å². The van der Waals surface area contributed by atoms with Gasteiger partial charge in [-0.15, -0.1) is 0 Å². The summed E-state index contributed by atoms with van der Waals surface area (Å²) < 4.78 is 26.7. The third-order valence-electron chi connectivity index (χ3n) is 3.37. The molecule has 98 valence electrons. The Labute approximate surface area is 107 Å². The van der Waals surface area contributed by atoms with E-state index in [0.29, 0.717) is 12.0 Å². The predicted molar refractivity (Wildman–Crippen MR) is 69.1 cm³/mol. The summed E-state index contributed by atoms with van der Waals surface area (Å²) in [4.78, 5) is 0. The van der Waals surface area contributed by atoms with Crippen molar-refractivity contribution in [3.8, 4) is 0 Å². The highest BCUT2D eigenvalue weighted by Crippen LogP contribution is 2.36. The van der Waals surface area contributed by atoms with Crippen molar-refractivity contribution in [3.63, 3.8) is 0 Å². The number of benzene rings is 1. The Kier molecular flexibility index (Phi) is 3.53. The molecule has 0 aromatic heterocycles. The Morgan fingerprint density at radius 2 is 2.06 bits per heavy atom. The lowest BCUT2D eigenvalue weighted by atomic mass is 9.74. The van der Waals surface area contributed by atoms with Crippen LogP contribution in [0.3, 0.4) is 0 Å². The fourth-order valence-electron chi connectivity index (χ4n) is 2.79. The van der Waals surface area contributed by atoms with Gasteiger partial charge in [0.1, 0.15) is 11.6 Å². The minimum atomic E-state index is -0.397. The highest BCUT2D eigenvalue weighted by atomic mass is 19.1. The number of allylic oxidation sites excluding steroid dienone is 1. The van der Waals surface area contributed by atoms with E-state index in [4.69, 9.17) is 5.73 Å². The van der Waals surface area contributed by atoms with Crippen molar-refractivity contribution >= 4 is 0 Å². The van der Waals surface area contributed by atoms with E-state index in [1.807, 2.05) is 6.08 Å². The van der Waals surface area contributed by atoms with Crippen LogP contribution in [-0.4, -0.2) is 6.04 Å². The van der Waals surface area contributed by atoms with Crippen LogP contribution < -0.4 is 5.73 Å². The van der Waals surface area contributed by atoms with E-state index in [2.05, 4.69) is 13.8 Å². The van der Waals surface area contributed by atoms with Gasteiger partial charge in [-0.3, -0.25) is 0 Å². The second-order valence-electron chi connectivity index (χ2n) is 5.95. The second-order valence-corrected chi connectivity index (χ2v) is 5.95. The van der Waals surface area contributed by atoms with Crippen LogP contribution in [0.4, 0.5) is 8.78 Å². The summed E-state index contributed by atoms with van der Waals surface area (Å²) in [5, 5.41) is 0. The SMILES string of the molecule is CC1(C)CC(Cc2cc(F)ccc2F)=CC(N)C1. The van der Waals surface area contributed by atoms with E-state index in [0.717, 1.165) is 24.5 Å². The van der Waals surface area contributed by atoms with E-state index in [-0.39, 0.29) is 17.3 Å². The minimum absolute atomic E-state index is 0.0142. The molecule has 0 saturated heterocycles. The molecule has 0 fully saturated rings. The van der Waals surface area contributed by atoms with Gasteiger partial charge in [-0.05, 0) is 48.4 Å². The van der Waals surface area contributed by atoms with Crippen molar-refractivity contribution in [1.82, 2.24) is 0 Å². The van der Waals surface area contributed by atoms with Gasteiger partial charge >= 0.3 is 0 Å². The number of hydrogen-bond donors (Lipinski definition) is 1. The second kappa shape index (κ2) is 4.81. The number of nitrogens with two attached hydrogens (primary N) is 1. The van der Waals surface area contributed by atoms with Crippen LogP contribution >= 0.6 is 0 Å². The summed E-state index contributed by atoms with van der Waals surface area (Å²) in [7, 11) is 0. The molecule has 0 spiro atoms. The Hall–Kier alpha value is -1.22. The lowest BCUT2D eigenvalue weighted by Crippen LogP contribution is -2.31. The van der Waals surface area contributed by atoms with Crippen molar-refractivity contribution in [2.75, 3.05) is 0 Å². The predicted octanol–water partition coefficient (Wildman–Crippen LogP) is 3.58. The van der Waals surface area contributed by atoms with Gasteiger partial charge in [0.05, 0.1) is 0 Å². The topological polar surface area (TPSA) is 26.0 Å². The van der Waals surface area contributed by atoms with Crippen molar-refractivity contribution in [2.45, 2.75) is 39.2 Å². The fourth-order valence-corrected chi connectivity index (χ4v) is 2.79. The van der Waals surface area contributed by atoms with Crippen LogP contribution in [0.1, 0.15) is 32.3 Å². The molecule has 18 heavy (non-hydrogen) atoms. The number of hydrogen-bond acceptors (Lipinski definition) is 1. The van der Waals surface area contributed by atoms with Gasteiger partial charge in [-0.25, -0.2) is 8.78 Å². The third-order valence-corrected chi connectivity index (χ3v) is 3.37. The normalized spacial score (nSPS) is 22.7. The first-order chi connectivity index (χ1) is 8.35. The molecule has 2 rings (SSSR count). The molecule has 0 saturated carbocycles. The minimum Gasteiger partial charge on any atom is -0.324 e. The Balaban J connectivity index is 2.21. The maximum Gasteiger partial charge on any atom is 0.126 e. The van der Waals surface area contributed by atoms with Gasteiger partial charge in [-0.2, -0.15) is 0 Å². The van der Waals surface area contributed by atoms with Crippen LogP contribution in [0.25, 0.3) is 0 Å². The zero-order chi connectivity index (χ0) is 13.3. The van der Waals surface area contributed by atoms with Crippen molar-refractivity contribution in [2.24, 2.45) is 11.1 Å². The van der Waals surface area contributed by atoms with Crippen LogP contribution in [0.5, 0.6) is 0 Å². The standard InChI is InChI=1S/C15H19F2N/c1-15(2)8-10(6-13(18)9-15)5-11-7-12(16)3-4-14(11)17/h3-4,6-7,13H,5,8-9,18H2,1-2H3. The van der Waals surface area contributed by atoms with Crippen LogP contribution in [0, 0.1) is 17.0 Å². The summed E-state index contributed by atoms with van der Waals surface area (Å²) in [6, 6.07) is 3.60. The molecule has 1 unspecified atom stereocenters. The molecule has 0 heterocycles. The highest BCUT2D eigenvalue weighted by Gasteiger charge is 2.27. The molecular formula is C15H19F2N. The Bertz CT molecular complexity index is 477. The van der Waals surface area contributed by atoms with E-state index in [9.17, 15) is 8.78 Å². The highest BCUT2D eigenvalue weighted by molar-refractivity contribution is 5.27. The zero-order valence-electron chi connectivity index (χ0n) is 10.8. The fraction of sp³-hybridized carbons (Fsp3) is 0.467. The Morgan fingerprint density at radius 1 is 1.33 bits per heavy atom. The van der Waals surface area contributed by atoms with Crippen molar-refractivity contribution in [1.29, 1.82) is 0 Å². The number of rotatable bonds is 2. The maximum absolute atomic E-state index is 13.6. The molecule has 0 aliphatic heterocycles. The molecule has 2 N–H and O–H groups in total. The molecule has 0 amide bonds. The van der Waals surface area contributed by atoms with E-state index >= 15 is 0 Å². The first-order valence-corrected chi connectivity index (χ1v) is 6.25. The maximum atomic E-state index is 13.6. The van der Waals surface area contributed by atoms with E-state index < -0.39 is 5.82 Å². The zero-order valence-corrected chi connectivity index (χ0v) is 10.8. The third kappa shape index (κ3) is 3.16. The summed E-state index contributed by atoms with van der Waals surface area (Å²) in [5.74, 6) is -0.749. The van der Waals surface area contributed by atoms with Gasteiger partial charge in [0, 0.05) is 6.04 Å². The molecule has 0 bridgehead atoms.